The van der Waals surface area contributed by atoms with E-state index in [1.165, 1.54) is 7.05 Å². The van der Waals surface area contributed by atoms with Crippen molar-refractivity contribution in [2.75, 3.05) is 7.05 Å². The Balaban J connectivity index is 1.84. The number of carbonyl (C=O) groups is 2. The van der Waals surface area contributed by atoms with Crippen LogP contribution in [0.15, 0.2) is 53.3 Å². The second-order valence-corrected chi connectivity index (χ2v) is 6.20. The number of hydrogen-bond donors (Lipinski definition) is 2. The third kappa shape index (κ3) is 4.03. The maximum Gasteiger partial charge on any atom is 0.275 e. The van der Waals surface area contributed by atoms with Gasteiger partial charge in [0.15, 0.2) is 5.69 Å². The molecule has 2 amide bonds. The van der Waals surface area contributed by atoms with Crippen molar-refractivity contribution in [3.05, 3.63) is 75.7 Å². The summed E-state index contributed by atoms with van der Waals surface area (Å²) in [4.78, 5) is 37.0. The minimum absolute atomic E-state index is 0.110. The third-order valence-electron chi connectivity index (χ3n) is 4.21. The minimum Gasteiger partial charge on any atom is -0.354 e. The molecule has 27 heavy (non-hydrogen) atoms. The summed E-state index contributed by atoms with van der Waals surface area (Å²) in [6.07, 6.45) is 0. The molecule has 3 rings (SSSR count). The first kappa shape index (κ1) is 18.3. The molecule has 0 unspecified atom stereocenters. The maximum atomic E-state index is 12.6. The lowest BCUT2D eigenvalue weighted by Crippen LogP contribution is -2.35. The molecule has 7 heteroatoms. The molecule has 0 aliphatic heterocycles. The predicted octanol–water partition coefficient (Wildman–Crippen LogP) is 1.38. The van der Waals surface area contributed by atoms with Crippen LogP contribution < -0.4 is 16.2 Å². The summed E-state index contributed by atoms with van der Waals surface area (Å²) in [5.41, 5.74) is 1.79. The quantitative estimate of drug-likeness (QED) is 0.715. The van der Waals surface area contributed by atoms with Gasteiger partial charge in [0.1, 0.15) is 6.54 Å². The number of nitrogens with zero attached hydrogens (tertiary/aromatic N) is 2. The van der Waals surface area contributed by atoms with Gasteiger partial charge in [0.05, 0.1) is 5.39 Å². The summed E-state index contributed by atoms with van der Waals surface area (Å²) < 4.78 is 1.03. The van der Waals surface area contributed by atoms with Crippen LogP contribution in [0.5, 0.6) is 0 Å². The predicted molar refractivity (Wildman–Crippen MR) is 102 cm³/mol. The minimum atomic E-state index is -0.417. The number of aryl methyl sites for hydroxylation is 1. The molecule has 0 fully saturated rings. The molecule has 0 saturated carbocycles. The summed E-state index contributed by atoms with van der Waals surface area (Å²) in [7, 11) is 1.49. The summed E-state index contributed by atoms with van der Waals surface area (Å²) in [5.74, 6) is -0.775. The number of nitrogens with one attached hydrogen (secondary N) is 2. The average Bonchev–Trinajstić information content (AvgIpc) is 2.69. The maximum absolute atomic E-state index is 12.6. The van der Waals surface area contributed by atoms with Crippen molar-refractivity contribution < 1.29 is 9.59 Å². The third-order valence-corrected chi connectivity index (χ3v) is 4.21. The summed E-state index contributed by atoms with van der Waals surface area (Å²) in [5, 5.41) is 10.2. The van der Waals surface area contributed by atoms with Gasteiger partial charge in [-0.15, -0.1) is 0 Å². The fourth-order valence-corrected chi connectivity index (χ4v) is 2.73. The highest BCUT2D eigenvalue weighted by atomic mass is 16.2. The van der Waals surface area contributed by atoms with Crippen molar-refractivity contribution in [2.24, 2.45) is 0 Å². The molecule has 7 nitrogen and oxygen atoms in total. The number of fused-ring (bicyclic) bond motifs is 1. The van der Waals surface area contributed by atoms with E-state index in [2.05, 4.69) is 15.7 Å². The first-order valence-electron chi connectivity index (χ1n) is 8.54. The van der Waals surface area contributed by atoms with Crippen LogP contribution in [0.2, 0.25) is 0 Å². The highest BCUT2D eigenvalue weighted by Crippen LogP contribution is 2.13. The molecule has 3 aromatic rings. The van der Waals surface area contributed by atoms with Crippen molar-refractivity contribution in [1.29, 1.82) is 0 Å². The number of rotatable bonds is 5. The lowest BCUT2D eigenvalue weighted by molar-refractivity contribution is -0.122. The van der Waals surface area contributed by atoms with E-state index in [1.807, 2.05) is 31.2 Å². The van der Waals surface area contributed by atoms with Crippen LogP contribution in [0.1, 0.15) is 21.6 Å². The molecule has 0 aliphatic carbocycles. The van der Waals surface area contributed by atoms with Crippen LogP contribution in [0, 0.1) is 6.92 Å². The topological polar surface area (TPSA) is 93.1 Å². The van der Waals surface area contributed by atoms with Crippen molar-refractivity contribution in [3.8, 4) is 0 Å². The molecule has 0 radical (unpaired) electrons. The monoisotopic (exact) mass is 364 g/mol. The Morgan fingerprint density at radius 2 is 1.70 bits per heavy atom. The van der Waals surface area contributed by atoms with Gasteiger partial charge in [-0.1, -0.05) is 48.0 Å². The first-order chi connectivity index (χ1) is 13.0. The normalized spacial score (nSPS) is 10.6. The van der Waals surface area contributed by atoms with Crippen molar-refractivity contribution >= 4 is 22.6 Å². The van der Waals surface area contributed by atoms with Crippen LogP contribution in [-0.4, -0.2) is 28.6 Å². The second kappa shape index (κ2) is 7.82. The molecule has 0 spiro atoms. The van der Waals surface area contributed by atoms with Crippen molar-refractivity contribution in [3.63, 3.8) is 0 Å². The molecule has 138 valence electrons. The number of hydrogen-bond acceptors (Lipinski definition) is 4. The van der Waals surface area contributed by atoms with E-state index < -0.39 is 11.5 Å². The van der Waals surface area contributed by atoms with Gasteiger partial charge in [0.2, 0.25) is 5.91 Å². The standard InChI is InChI=1S/C20H20N4O3/c1-13-7-9-14(10-8-13)11-22-17(25)12-24-20(27)16-6-4-3-5-15(16)18(23-24)19(26)21-2/h3-10H,11-12H2,1-2H3,(H,21,26)(H,22,25). The zero-order valence-corrected chi connectivity index (χ0v) is 15.2. The van der Waals surface area contributed by atoms with Crippen LogP contribution in [0.25, 0.3) is 10.8 Å². The highest BCUT2D eigenvalue weighted by molar-refractivity contribution is 6.04. The van der Waals surface area contributed by atoms with Gasteiger partial charge in [-0.2, -0.15) is 5.10 Å². The Hall–Kier alpha value is -3.48. The smallest absolute Gasteiger partial charge is 0.275 e. The molecule has 2 N–H and O–H groups in total. The molecular weight excluding hydrogens is 344 g/mol. The molecule has 0 aliphatic rings. The molecule has 0 saturated heterocycles. The molecule has 1 aromatic heterocycles. The molecular formula is C20H20N4O3. The molecule has 2 aromatic carbocycles. The Bertz CT molecular complexity index is 1060. The van der Waals surface area contributed by atoms with E-state index in [9.17, 15) is 14.4 Å². The number of carbonyl (C=O) groups excluding carboxylic acids is 2. The average molecular weight is 364 g/mol. The van der Waals surface area contributed by atoms with Gasteiger partial charge < -0.3 is 10.6 Å². The number of benzene rings is 2. The molecule has 1 heterocycles. The van der Waals surface area contributed by atoms with E-state index in [1.54, 1.807) is 24.3 Å². The lowest BCUT2D eigenvalue weighted by atomic mass is 10.1. The van der Waals surface area contributed by atoms with Crippen molar-refractivity contribution in [1.82, 2.24) is 20.4 Å². The fourth-order valence-electron chi connectivity index (χ4n) is 2.73. The zero-order valence-electron chi connectivity index (χ0n) is 15.2. The SMILES string of the molecule is CNC(=O)c1nn(CC(=O)NCc2ccc(C)cc2)c(=O)c2ccccc12. The van der Waals surface area contributed by atoms with E-state index >= 15 is 0 Å². The lowest BCUT2D eigenvalue weighted by Gasteiger charge is -2.11. The summed E-state index contributed by atoms with van der Waals surface area (Å²) in [6.45, 7) is 2.08. The second-order valence-electron chi connectivity index (χ2n) is 6.20. The van der Waals surface area contributed by atoms with E-state index in [-0.39, 0.29) is 18.1 Å². The Morgan fingerprint density at radius 1 is 1.04 bits per heavy atom. The first-order valence-corrected chi connectivity index (χ1v) is 8.54. The van der Waals surface area contributed by atoms with Crippen LogP contribution in [-0.2, 0) is 17.9 Å². The van der Waals surface area contributed by atoms with E-state index in [0.29, 0.717) is 17.3 Å². The Labute approximate surface area is 156 Å². The summed E-state index contributed by atoms with van der Waals surface area (Å²) in [6, 6.07) is 14.5. The van der Waals surface area contributed by atoms with Gasteiger partial charge in [-0.05, 0) is 18.6 Å². The molecule has 0 atom stereocenters. The fraction of sp³-hybridized carbons (Fsp3) is 0.200. The summed E-state index contributed by atoms with van der Waals surface area (Å²) >= 11 is 0. The van der Waals surface area contributed by atoms with Crippen LogP contribution in [0.3, 0.4) is 0 Å². The van der Waals surface area contributed by atoms with Gasteiger partial charge in [-0.25, -0.2) is 4.68 Å². The number of amides is 2. The van der Waals surface area contributed by atoms with E-state index in [4.69, 9.17) is 0 Å². The van der Waals surface area contributed by atoms with Gasteiger partial charge in [-0.3, -0.25) is 14.4 Å². The Morgan fingerprint density at radius 3 is 2.37 bits per heavy atom. The van der Waals surface area contributed by atoms with Gasteiger partial charge in [0.25, 0.3) is 11.5 Å². The molecule has 0 bridgehead atoms. The van der Waals surface area contributed by atoms with Crippen LogP contribution >= 0.6 is 0 Å². The van der Waals surface area contributed by atoms with Crippen molar-refractivity contribution in [2.45, 2.75) is 20.0 Å². The van der Waals surface area contributed by atoms with Gasteiger partial charge >= 0.3 is 0 Å². The zero-order chi connectivity index (χ0) is 19.4. The number of aromatic nitrogens is 2. The largest absolute Gasteiger partial charge is 0.354 e. The van der Waals surface area contributed by atoms with Crippen LogP contribution in [0.4, 0.5) is 0 Å². The Kier molecular flexibility index (Phi) is 5.30. The van der Waals surface area contributed by atoms with E-state index in [0.717, 1.165) is 15.8 Å². The highest BCUT2D eigenvalue weighted by Gasteiger charge is 2.16. The van der Waals surface area contributed by atoms with Gasteiger partial charge in [0, 0.05) is 19.0 Å².